The Morgan fingerprint density at radius 2 is 1.14 bits per heavy atom. The molecule has 0 amide bonds. The van der Waals surface area contributed by atoms with Gasteiger partial charge >= 0.3 is 0 Å². The predicted molar refractivity (Wildman–Crippen MR) is 207 cm³/mol. The molecule has 0 aliphatic rings. The summed E-state index contributed by atoms with van der Waals surface area (Å²) < 4.78 is 9.30. The van der Waals surface area contributed by atoms with Crippen molar-refractivity contribution in [3.05, 3.63) is 164 Å². The summed E-state index contributed by atoms with van der Waals surface area (Å²) in [5.41, 5.74) is 10.9. The smallest absolute Gasteiger partial charge is 0.160 e. The van der Waals surface area contributed by atoms with E-state index < -0.39 is 0 Å². The number of aromatic nitrogens is 3. The van der Waals surface area contributed by atoms with Gasteiger partial charge < -0.3 is 4.42 Å². The molecule has 6 aromatic carbocycles. The summed E-state index contributed by atoms with van der Waals surface area (Å²) >= 11 is 1.83. The minimum absolute atomic E-state index is 0.677. The second-order valence-electron chi connectivity index (χ2n) is 12.4. The molecule has 0 spiro atoms. The van der Waals surface area contributed by atoms with E-state index in [2.05, 4.69) is 114 Å². The van der Waals surface area contributed by atoms with Crippen molar-refractivity contribution < 1.29 is 4.42 Å². The number of thiophene rings is 1. The first kappa shape index (κ1) is 28.6. The van der Waals surface area contributed by atoms with E-state index in [1.54, 1.807) is 0 Å². The number of fused-ring (bicyclic) bond motifs is 6. The van der Waals surface area contributed by atoms with Crippen LogP contribution < -0.4 is 0 Å². The molecule has 50 heavy (non-hydrogen) atoms. The average molecular weight is 658 g/mol. The summed E-state index contributed by atoms with van der Waals surface area (Å²) in [6.45, 7) is 0. The molecule has 0 bridgehead atoms. The van der Waals surface area contributed by atoms with E-state index in [9.17, 15) is 0 Å². The molecule has 0 aliphatic heterocycles. The molecule has 0 fully saturated rings. The van der Waals surface area contributed by atoms with Crippen LogP contribution in [0.2, 0.25) is 0 Å². The first-order valence-corrected chi connectivity index (χ1v) is 17.4. The third-order valence-electron chi connectivity index (χ3n) is 9.45. The number of para-hydroxylation sites is 1. The number of furan rings is 1. The zero-order valence-electron chi connectivity index (χ0n) is 26.7. The van der Waals surface area contributed by atoms with E-state index in [0.717, 1.165) is 66.7 Å². The molecular weight excluding hydrogens is 631 g/mol. The lowest BCUT2D eigenvalue weighted by molar-refractivity contribution is 0.670. The number of nitrogens with zero attached hydrogens (tertiary/aromatic N) is 3. The third-order valence-corrected chi connectivity index (χ3v) is 10.7. The van der Waals surface area contributed by atoms with Crippen LogP contribution in [0.5, 0.6) is 0 Å². The highest BCUT2D eigenvalue weighted by Crippen LogP contribution is 2.46. The van der Waals surface area contributed by atoms with Crippen LogP contribution in [0.4, 0.5) is 0 Å². The fourth-order valence-corrected chi connectivity index (χ4v) is 8.27. The summed E-state index contributed by atoms with van der Waals surface area (Å²) in [7, 11) is 0. The van der Waals surface area contributed by atoms with E-state index in [1.165, 1.54) is 25.7 Å². The van der Waals surface area contributed by atoms with Crippen LogP contribution >= 0.6 is 11.3 Å². The molecule has 10 aromatic rings. The molecule has 0 aliphatic carbocycles. The second kappa shape index (κ2) is 11.6. The molecular formula is C45H27N3OS. The van der Waals surface area contributed by atoms with E-state index in [-0.39, 0.29) is 0 Å². The van der Waals surface area contributed by atoms with Gasteiger partial charge in [0.2, 0.25) is 0 Å². The van der Waals surface area contributed by atoms with Crippen LogP contribution in [-0.2, 0) is 0 Å². The van der Waals surface area contributed by atoms with Crippen LogP contribution in [0.1, 0.15) is 0 Å². The highest BCUT2D eigenvalue weighted by molar-refractivity contribution is 7.26. The molecule has 4 nitrogen and oxygen atoms in total. The minimum atomic E-state index is 0.677. The van der Waals surface area contributed by atoms with Crippen molar-refractivity contribution in [3.63, 3.8) is 0 Å². The Bertz CT molecular complexity index is 2860. The minimum Gasteiger partial charge on any atom is -0.455 e. The van der Waals surface area contributed by atoms with Crippen molar-refractivity contribution >= 4 is 53.4 Å². The van der Waals surface area contributed by atoms with Gasteiger partial charge in [-0.2, -0.15) is 0 Å². The Balaban J connectivity index is 1.20. The van der Waals surface area contributed by atoms with Gasteiger partial charge in [-0.25, -0.2) is 9.97 Å². The average Bonchev–Trinajstić information content (AvgIpc) is 3.78. The lowest BCUT2D eigenvalue weighted by Crippen LogP contribution is -1.96. The first-order chi connectivity index (χ1) is 24.8. The number of hydrogen-bond donors (Lipinski definition) is 0. The maximum Gasteiger partial charge on any atom is 0.160 e. The summed E-state index contributed by atoms with van der Waals surface area (Å²) in [4.78, 5) is 14.5. The fourth-order valence-electron chi connectivity index (χ4n) is 7.04. The highest BCUT2D eigenvalue weighted by Gasteiger charge is 2.21. The maximum absolute atomic E-state index is 6.76. The third kappa shape index (κ3) is 4.71. The van der Waals surface area contributed by atoms with Crippen LogP contribution in [0.15, 0.2) is 168 Å². The van der Waals surface area contributed by atoms with Gasteiger partial charge in [-0.05, 0) is 47.5 Å². The normalized spacial score (nSPS) is 11.6. The van der Waals surface area contributed by atoms with Gasteiger partial charge in [-0.15, -0.1) is 11.3 Å². The van der Waals surface area contributed by atoms with Crippen molar-refractivity contribution in [2.75, 3.05) is 0 Å². The SMILES string of the molecule is c1ccc(-c2nc(-c3ccc(-c4ccncc4)cc3)cc(-c3ccc(-c4cccc5c4sc4ccccc45)c4oc5ccccc5c34)n2)cc1. The van der Waals surface area contributed by atoms with E-state index in [1.807, 2.05) is 66.2 Å². The fraction of sp³-hybridized carbons (Fsp3) is 0. The molecule has 0 radical (unpaired) electrons. The Labute approximate surface area is 292 Å². The summed E-state index contributed by atoms with van der Waals surface area (Å²) in [5, 5.41) is 4.65. The molecule has 0 saturated carbocycles. The lowest BCUT2D eigenvalue weighted by Gasteiger charge is -2.12. The van der Waals surface area contributed by atoms with Gasteiger partial charge in [-0.3, -0.25) is 4.98 Å². The molecule has 234 valence electrons. The lowest BCUT2D eigenvalue weighted by atomic mass is 9.95. The topological polar surface area (TPSA) is 51.8 Å². The van der Waals surface area contributed by atoms with Crippen molar-refractivity contribution in [2.24, 2.45) is 0 Å². The Morgan fingerprint density at radius 3 is 2.00 bits per heavy atom. The van der Waals surface area contributed by atoms with Crippen molar-refractivity contribution in [3.8, 4) is 56.2 Å². The maximum atomic E-state index is 6.76. The monoisotopic (exact) mass is 657 g/mol. The molecule has 0 saturated heterocycles. The van der Waals surface area contributed by atoms with Gasteiger partial charge in [0.1, 0.15) is 11.2 Å². The first-order valence-electron chi connectivity index (χ1n) is 16.6. The van der Waals surface area contributed by atoms with Gasteiger partial charge in [0, 0.05) is 71.2 Å². The molecule has 10 rings (SSSR count). The molecule has 0 N–H and O–H groups in total. The summed E-state index contributed by atoms with van der Waals surface area (Å²) in [5.74, 6) is 0.677. The van der Waals surface area contributed by atoms with Crippen molar-refractivity contribution in [1.29, 1.82) is 0 Å². The standard InChI is InChI=1S/C45H27N3OS/c1-2-9-31(10-3-1)45-47-38(30-19-17-28(18-20-30)29-23-25-46-26-24-29)27-39(48-45)36-22-21-33(43-42(36)37-12-4-6-15-40(37)49-43)35-14-8-13-34-32-11-5-7-16-41(32)50-44(34)35/h1-27H. The van der Waals surface area contributed by atoms with Crippen LogP contribution in [0, 0.1) is 0 Å². The van der Waals surface area contributed by atoms with Crippen molar-refractivity contribution in [1.82, 2.24) is 15.0 Å². The Hall–Kier alpha value is -6.43. The second-order valence-corrected chi connectivity index (χ2v) is 13.4. The van der Waals surface area contributed by atoms with E-state index in [0.29, 0.717) is 5.82 Å². The van der Waals surface area contributed by atoms with Crippen LogP contribution in [-0.4, -0.2) is 15.0 Å². The molecule has 4 aromatic heterocycles. The van der Waals surface area contributed by atoms with Crippen molar-refractivity contribution in [2.45, 2.75) is 0 Å². The Kier molecular flexibility index (Phi) is 6.64. The van der Waals surface area contributed by atoms with Gasteiger partial charge in [0.05, 0.1) is 11.4 Å². The van der Waals surface area contributed by atoms with Gasteiger partial charge in [0.15, 0.2) is 5.82 Å². The van der Waals surface area contributed by atoms with E-state index >= 15 is 0 Å². The predicted octanol–water partition coefficient (Wildman–Crippen LogP) is 12.5. The Morgan fingerprint density at radius 1 is 0.460 bits per heavy atom. The number of rotatable bonds is 5. The summed E-state index contributed by atoms with van der Waals surface area (Å²) in [6, 6.07) is 52.8. The quantitative estimate of drug-likeness (QED) is 0.185. The number of pyridine rings is 1. The molecule has 4 heterocycles. The molecule has 0 atom stereocenters. The largest absolute Gasteiger partial charge is 0.455 e. The van der Waals surface area contributed by atoms with Crippen LogP contribution in [0.3, 0.4) is 0 Å². The van der Waals surface area contributed by atoms with E-state index in [4.69, 9.17) is 14.4 Å². The zero-order valence-corrected chi connectivity index (χ0v) is 27.6. The number of hydrogen-bond acceptors (Lipinski definition) is 5. The summed E-state index contributed by atoms with van der Waals surface area (Å²) in [6.07, 6.45) is 3.64. The number of benzene rings is 6. The molecule has 5 heteroatoms. The molecule has 0 unspecified atom stereocenters. The van der Waals surface area contributed by atoms with Crippen LogP contribution in [0.25, 0.3) is 98.3 Å². The van der Waals surface area contributed by atoms with Gasteiger partial charge in [0.25, 0.3) is 0 Å². The highest BCUT2D eigenvalue weighted by atomic mass is 32.1. The van der Waals surface area contributed by atoms with Gasteiger partial charge in [-0.1, -0.05) is 115 Å². The zero-order chi connectivity index (χ0) is 33.0.